The molecule has 17 heavy (non-hydrogen) atoms. The summed E-state index contributed by atoms with van der Waals surface area (Å²) in [5.74, 6) is 1.39. The van der Waals surface area contributed by atoms with Crippen molar-refractivity contribution in [3.63, 3.8) is 0 Å². The molecule has 84 valence electrons. The zero-order valence-electron chi connectivity index (χ0n) is 9.14. The van der Waals surface area contributed by atoms with Crippen LogP contribution in [-0.4, -0.2) is 9.97 Å². The lowest BCUT2D eigenvalue weighted by atomic mass is 10.2. The Kier molecular flexibility index (Phi) is 2.34. The molecule has 2 heterocycles. The van der Waals surface area contributed by atoms with Crippen LogP contribution in [0.25, 0.3) is 22.4 Å². The minimum atomic E-state index is 0.356. The monoisotopic (exact) mass is 244 g/mol. The van der Waals surface area contributed by atoms with Gasteiger partial charge in [0, 0.05) is 11.6 Å². The molecule has 1 aromatic carbocycles. The molecule has 0 saturated heterocycles. The summed E-state index contributed by atoms with van der Waals surface area (Å²) in [7, 11) is 0. The zero-order chi connectivity index (χ0) is 11.8. The summed E-state index contributed by atoms with van der Waals surface area (Å²) in [6.45, 7) is 1.81. The van der Waals surface area contributed by atoms with E-state index >= 15 is 0 Å². The minimum Gasteiger partial charge on any atom is -0.451 e. The molecule has 2 aromatic heterocycles. The second kappa shape index (κ2) is 3.86. The molecule has 0 spiro atoms. The van der Waals surface area contributed by atoms with E-state index in [0.717, 1.165) is 16.8 Å². The maximum atomic E-state index is 6.02. The molecule has 0 fully saturated rings. The third-order valence-corrected chi connectivity index (χ3v) is 2.76. The van der Waals surface area contributed by atoms with E-state index in [2.05, 4.69) is 9.97 Å². The van der Waals surface area contributed by atoms with Crippen LogP contribution in [0.15, 0.2) is 40.8 Å². The van der Waals surface area contributed by atoms with E-state index in [1.807, 2.05) is 36.4 Å². The third kappa shape index (κ3) is 1.78. The molecule has 0 bridgehead atoms. The highest BCUT2D eigenvalue weighted by Crippen LogP contribution is 2.29. The molecule has 0 aliphatic rings. The minimum absolute atomic E-state index is 0.356. The lowest BCUT2D eigenvalue weighted by Gasteiger charge is -1.94. The first-order valence-electron chi connectivity index (χ1n) is 5.23. The number of hydrogen-bond donors (Lipinski definition) is 0. The topological polar surface area (TPSA) is 38.9 Å². The first-order valence-corrected chi connectivity index (χ1v) is 5.61. The fourth-order valence-corrected chi connectivity index (χ4v) is 2.01. The van der Waals surface area contributed by atoms with Gasteiger partial charge in [0.1, 0.15) is 17.1 Å². The number of rotatable bonds is 1. The van der Waals surface area contributed by atoms with Crippen LogP contribution < -0.4 is 0 Å². The van der Waals surface area contributed by atoms with Crippen LogP contribution in [0, 0.1) is 6.92 Å². The smallest absolute Gasteiger partial charge is 0.190 e. The van der Waals surface area contributed by atoms with Crippen LogP contribution in [0.4, 0.5) is 0 Å². The number of furan rings is 1. The molecule has 0 unspecified atom stereocenters. The van der Waals surface area contributed by atoms with Crippen LogP contribution in [0.3, 0.4) is 0 Å². The molecule has 4 heteroatoms. The Morgan fingerprint density at radius 3 is 2.65 bits per heavy atom. The average molecular weight is 245 g/mol. The first-order chi connectivity index (χ1) is 8.24. The van der Waals surface area contributed by atoms with Gasteiger partial charge < -0.3 is 4.42 Å². The highest BCUT2D eigenvalue weighted by Gasteiger charge is 2.11. The molecule has 3 rings (SSSR count). The van der Waals surface area contributed by atoms with E-state index in [9.17, 15) is 0 Å². The maximum absolute atomic E-state index is 6.02. The van der Waals surface area contributed by atoms with Crippen molar-refractivity contribution in [2.45, 2.75) is 6.92 Å². The van der Waals surface area contributed by atoms with Gasteiger partial charge in [-0.15, -0.1) is 0 Å². The fraction of sp³-hybridized carbons (Fsp3) is 0.0769. The Hall–Kier alpha value is -1.87. The SMILES string of the molecule is Cc1nc(Cl)c2oc(-c3ccccc3)cc2n1. The molecule has 0 radical (unpaired) electrons. The van der Waals surface area contributed by atoms with Gasteiger partial charge in [-0.2, -0.15) is 0 Å². The summed E-state index contributed by atoms with van der Waals surface area (Å²) < 4.78 is 5.68. The van der Waals surface area contributed by atoms with Gasteiger partial charge in [0.2, 0.25) is 0 Å². The van der Waals surface area contributed by atoms with Gasteiger partial charge in [0.25, 0.3) is 0 Å². The van der Waals surface area contributed by atoms with Gasteiger partial charge in [0.15, 0.2) is 10.7 Å². The molecular formula is C13H9ClN2O. The van der Waals surface area contributed by atoms with E-state index in [0.29, 0.717) is 16.6 Å². The number of aromatic nitrogens is 2. The largest absolute Gasteiger partial charge is 0.451 e. The lowest BCUT2D eigenvalue weighted by Crippen LogP contribution is -1.86. The lowest BCUT2D eigenvalue weighted by molar-refractivity contribution is 0.629. The fourth-order valence-electron chi connectivity index (χ4n) is 1.75. The molecule has 0 N–H and O–H groups in total. The molecule has 0 aliphatic carbocycles. The number of nitrogens with zero attached hydrogens (tertiary/aromatic N) is 2. The predicted octanol–water partition coefficient (Wildman–Crippen LogP) is 3.85. The summed E-state index contributed by atoms with van der Waals surface area (Å²) in [5.41, 5.74) is 2.27. The summed E-state index contributed by atoms with van der Waals surface area (Å²) in [6.07, 6.45) is 0. The molecule has 3 nitrogen and oxygen atoms in total. The van der Waals surface area contributed by atoms with Gasteiger partial charge in [-0.3, -0.25) is 0 Å². The molecule has 0 aliphatic heterocycles. The molecule has 3 aromatic rings. The summed E-state index contributed by atoms with van der Waals surface area (Å²) in [5, 5.41) is 0.356. The van der Waals surface area contributed by atoms with Gasteiger partial charge in [-0.05, 0) is 6.92 Å². The van der Waals surface area contributed by atoms with Crippen LogP contribution in [-0.2, 0) is 0 Å². The Labute approximate surface area is 103 Å². The van der Waals surface area contributed by atoms with Crippen LogP contribution in [0.1, 0.15) is 5.82 Å². The highest BCUT2D eigenvalue weighted by atomic mass is 35.5. The van der Waals surface area contributed by atoms with Crippen molar-refractivity contribution in [2.24, 2.45) is 0 Å². The van der Waals surface area contributed by atoms with E-state index in [1.54, 1.807) is 6.92 Å². The molecular weight excluding hydrogens is 236 g/mol. The first kappa shape index (κ1) is 10.3. The molecule has 0 amide bonds. The Bertz CT molecular complexity index is 676. The molecule has 0 saturated carbocycles. The van der Waals surface area contributed by atoms with Gasteiger partial charge >= 0.3 is 0 Å². The number of halogens is 1. The van der Waals surface area contributed by atoms with Crippen molar-refractivity contribution >= 4 is 22.7 Å². The highest BCUT2D eigenvalue weighted by molar-refractivity contribution is 6.33. The second-order valence-corrected chi connectivity index (χ2v) is 4.11. The van der Waals surface area contributed by atoms with E-state index < -0.39 is 0 Å². The Morgan fingerprint density at radius 2 is 1.88 bits per heavy atom. The standard InChI is InChI=1S/C13H9ClN2O/c1-8-15-10-7-11(9-5-3-2-4-6-9)17-12(10)13(14)16-8/h2-7H,1H3. The van der Waals surface area contributed by atoms with Crippen molar-refractivity contribution < 1.29 is 4.42 Å². The van der Waals surface area contributed by atoms with E-state index in [1.165, 1.54) is 0 Å². The predicted molar refractivity (Wildman–Crippen MR) is 67.0 cm³/mol. The van der Waals surface area contributed by atoms with Crippen molar-refractivity contribution in [2.75, 3.05) is 0 Å². The van der Waals surface area contributed by atoms with Gasteiger partial charge in [-0.25, -0.2) is 9.97 Å². The summed E-state index contributed by atoms with van der Waals surface area (Å²) in [6, 6.07) is 11.7. The molecule has 0 atom stereocenters. The number of fused-ring (bicyclic) bond motifs is 1. The van der Waals surface area contributed by atoms with Gasteiger partial charge in [-0.1, -0.05) is 41.9 Å². The van der Waals surface area contributed by atoms with Crippen LogP contribution >= 0.6 is 11.6 Å². The maximum Gasteiger partial charge on any atom is 0.190 e. The average Bonchev–Trinajstić information content (AvgIpc) is 2.74. The van der Waals surface area contributed by atoms with Crippen molar-refractivity contribution in [3.8, 4) is 11.3 Å². The Morgan fingerprint density at radius 1 is 1.12 bits per heavy atom. The third-order valence-electron chi connectivity index (χ3n) is 2.50. The van der Waals surface area contributed by atoms with Crippen LogP contribution in [0.2, 0.25) is 5.15 Å². The van der Waals surface area contributed by atoms with Crippen molar-refractivity contribution in [1.29, 1.82) is 0 Å². The van der Waals surface area contributed by atoms with Crippen molar-refractivity contribution in [3.05, 3.63) is 47.4 Å². The quantitative estimate of drug-likeness (QED) is 0.611. The number of benzene rings is 1. The van der Waals surface area contributed by atoms with Gasteiger partial charge in [0.05, 0.1) is 0 Å². The second-order valence-electron chi connectivity index (χ2n) is 3.75. The normalized spacial score (nSPS) is 10.9. The summed E-state index contributed by atoms with van der Waals surface area (Å²) in [4.78, 5) is 8.36. The zero-order valence-corrected chi connectivity index (χ0v) is 9.90. The van der Waals surface area contributed by atoms with E-state index in [-0.39, 0.29) is 0 Å². The number of hydrogen-bond acceptors (Lipinski definition) is 3. The van der Waals surface area contributed by atoms with E-state index in [4.69, 9.17) is 16.0 Å². The van der Waals surface area contributed by atoms with Crippen molar-refractivity contribution in [1.82, 2.24) is 9.97 Å². The summed E-state index contributed by atoms with van der Waals surface area (Å²) >= 11 is 6.02. The Balaban J connectivity index is 2.24. The number of aryl methyl sites for hydroxylation is 1. The van der Waals surface area contributed by atoms with Crippen LogP contribution in [0.5, 0.6) is 0 Å².